The Hall–Kier alpha value is -1.23. The van der Waals surface area contributed by atoms with Crippen LogP contribution in [-0.4, -0.2) is 12.8 Å². The van der Waals surface area contributed by atoms with Crippen LogP contribution < -0.4 is 10.5 Å². The molecule has 1 aromatic rings. The van der Waals surface area contributed by atoms with Crippen LogP contribution in [0.1, 0.15) is 12.0 Å². The van der Waals surface area contributed by atoms with Crippen LogP contribution in [0.15, 0.2) is 24.3 Å². The summed E-state index contributed by atoms with van der Waals surface area (Å²) in [6, 6.07) is 6.67. The highest BCUT2D eigenvalue weighted by Gasteiger charge is 2.26. The summed E-state index contributed by atoms with van der Waals surface area (Å²) in [6.07, 6.45) is -5.11. The van der Waals surface area contributed by atoms with Crippen molar-refractivity contribution >= 4 is 0 Å². The Morgan fingerprint density at radius 3 is 2.20 bits per heavy atom. The summed E-state index contributed by atoms with van der Waals surface area (Å²) in [7, 11) is 0. The highest BCUT2D eigenvalue weighted by Crippen LogP contribution is 2.20. The molecule has 0 fully saturated rings. The fraction of sp³-hybridized carbons (Fsp3) is 0.400. The zero-order valence-electron chi connectivity index (χ0n) is 8.05. The van der Waals surface area contributed by atoms with Crippen molar-refractivity contribution in [2.45, 2.75) is 19.1 Å². The smallest absolute Gasteiger partial charge is 0.392 e. The minimum Gasteiger partial charge on any atom is -0.493 e. The Labute approximate surface area is 85.8 Å². The van der Waals surface area contributed by atoms with Crippen LogP contribution >= 0.6 is 0 Å². The maximum Gasteiger partial charge on any atom is 0.392 e. The number of benzene rings is 1. The van der Waals surface area contributed by atoms with Gasteiger partial charge in [0.2, 0.25) is 0 Å². The lowest BCUT2D eigenvalue weighted by Gasteiger charge is -2.08. The van der Waals surface area contributed by atoms with Crippen molar-refractivity contribution in [3.8, 4) is 5.75 Å². The first kappa shape index (κ1) is 11.8. The van der Waals surface area contributed by atoms with Crippen molar-refractivity contribution in [1.29, 1.82) is 0 Å². The van der Waals surface area contributed by atoms with Crippen LogP contribution in [0.25, 0.3) is 0 Å². The minimum absolute atomic E-state index is 0.356. The molecule has 1 aromatic carbocycles. The van der Waals surface area contributed by atoms with Crippen molar-refractivity contribution in [2.75, 3.05) is 6.61 Å². The van der Waals surface area contributed by atoms with Gasteiger partial charge in [0.15, 0.2) is 0 Å². The molecule has 0 radical (unpaired) electrons. The van der Waals surface area contributed by atoms with Gasteiger partial charge in [-0.25, -0.2) is 0 Å². The Morgan fingerprint density at radius 1 is 1.13 bits per heavy atom. The average Bonchev–Trinajstić information content (AvgIpc) is 2.17. The van der Waals surface area contributed by atoms with E-state index >= 15 is 0 Å². The molecule has 0 bridgehead atoms. The van der Waals surface area contributed by atoms with E-state index in [1.165, 1.54) is 0 Å². The van der Waals surface area contributed by atoms with E-state index in [0.29, 0.717) is 12.3 Å². The molecule has 0 heterocycles. The molecule has 0 saturated heterocycles. The molecule has 0 unspecified atom stereocenters. The van der Waals surface area contributed by atoms with Gasteiger partial charge in [0, 0.05) is 6.54 Å². The summed E-state index contributed by atoms with van der Waals surface area (Å²) in [5, 5.41) is 0. The highest BCUT2D eigenvalue weighted by atomic mass is 19.4. The predicted molar refractivity (Wildman–Crippen MR) is 50.5 cm³/mol. The van der Waals surface area contributed by atoms with E-state index < -0.39 is 12.6 Å². The molecule has 0 saturated carbocycles. The fourth-order valence-electron chi connectivity index (χ4n) is 1.01. The van der Waals surface area contributed by atoms with Crippen molar-refractivity contribution in [2.24, 2.45) is 5.73 Å². The number of rotatable bonds is 4. The third-order valence-electron chi connectivity index (χ3n) is 1.81. The fourth-order valence-corrected chi connectivity index (χ4v) is 1.01. The number of hydrogen-bond acceptors (Lipinski definition) is 2. The molecule has 1 rings (SSSR count). The second-order valence-corrected chi connectivity index (χ2v) is 3.06. The molecule has 15 heavy (non-hydrogen) atoms. The second kappa shape index (κ2) is 5.02. The van der Waals surface area contributed by atoms with Crippen LogP contribution in [0.4, 0.5) is 13.2 Å². The zero-order chi connectivity index (χ0) is 11.3. The summed E-state index contributed by atoms with van der Waals surface area (Å²) < 4.78 is 40.3. The summed E-state index contributed by atoms with van der Waals surface area (Å²) in [6.45, 7) is 0.0499. The molecule has 0 atom stereocenters. The molecule has 0 aliphatic carbocycles. The van der Waals surface area contributed by atoms with Crippen LogP contribution in [0.3, 0.4) is 0 Å². The van der Waals surface area contributed by atoms with Crippen LogP contribution in [0, 0.1) is 0 Å². The Bertz CT molecular complexity index is 295. The Morgan fingerprint density at radius 2 is 1.73 bits per heavy atom. The number of ether oxygens (including phenoxy) is 1. The minimum atomic E-state index is -4.17. The SMILES string of the molecule is NCc1ccc(OCCC(F)(F)F)cc1. The molecule has 0 spiro atoms. The van der Waals surface area contributed by atoms with E-state index in [4.69, 9.17) is 10.5 Å². The monoisotopic (exact) mass is 219 g/mol. The van der Waals surface area contributed by atoms with Crippen molar-refractivity contribution < 1.29 is 17.9 Å². The van der Waals surface area contributed by atoms with E-state index in [2.05, 4.69) is 0 Å². The van der Waals surface area contributed by atoms with Gasteiger partial charge in [0.25, 0.3) is 0 Å². The summed E-state index contributed by atoms with van der Waals surface area (Å²) in [5.41, 5.74) is 6.28. The zero-order valence-corrected chi connectivity index (χ0v) is 8.05. The maximum atomic E-state index is 11.8. The average molecular weight is 219 g/mol. The van der Waals surface area contributed by atoms with Crippen molar-refractivity contribution in [3.63, 3.8) is 0 Å². The molecule has 2 nitrogen and oxygen atoms in total. The molecular weight excluding hydrogens is 207 g/mol. The van der Waals surface area contributed by atoms with Crippen molar-refractivity contribution in [1.82, 2.24) is 0 Å². The third-order valence-corrected chi connectivity index (χ3v) is 1.81. The van der Waals surface area contributed by atoms with E-state index in [0.717, 1.165) is 5.56 Å². The lowest BCUT2D eigenvalue weighted by Crippen LogP contribution is -2.13. The summed E-state index contributed by atoms with van der Waals surface area (Å²) in [5.74, 6) is 0.427. The molecule has 0 aromatic heterocycles. The molecule has 0 amide bonds. The number of hydrogen-bond donors (Lipinski definition) is 1. The first-order chi connectivity index (χ1) is 7.01. The van der Waals surface area contributed by atoms with E-state index in [-0.39, 0.29) is 6.61 Å². The van der Waals surface area contributed by atoms with Gasteiger partial charge in [0.1, 0.15) is 5.75 Å². The largest absolute Gasteiger partial charge is 0.493 e. The lowest BCUT2D eigenvalue weighted by molar-refractivity contribution is -0.139. The topological polar surface area (TPSA) is 35.2 Å². The molecule has 5 heteroatoms. The normalized spacial score (nSPS) is 11.5. The van der Waals surface area contributed by atoms with Gasteiger partial charge in [-0.1, -0.05) is 12.1 Å². The van der Waals surface area contributed by atoms with Gasteiger partial charge in [0.05, 0.1) is 13.0 Å². The number of nitrogens with two attached hydrogens (primary N) is 1. The number of alkyl halides is 3. The Balaban J connectivity index is 2.38. The van der Waals surface area contributed by atoms with E-state index in [1.54, 1.807) is 24.3 Å². The first-order valence-electron chi connectivity index (χ1n) is 4.50. The quantitative estimate of drug-likeness (QED) is 0.844. The predicted octanol–water partition coefficient (Wildman–Crippen LogP) is 2.48. The second-order valence-electron chi connectivity index (χ2n) is 3.06. The molecule has 0 aliphatic rings. The van der Waals surface area contributed by atoms with Crippen LogP contribution in [0.2, 0.25) is 0 Å². The van der Waals surface area contributed by atoms with E-state index in [9.17, 15) is 13.2 Å². The summed E-state index contributed by atoms with van der Waals surface area (Å²) in [4.78, 5) is 0. The summed E-state index contributed by atoms with van der Waals surface area (Å²) >= 11 is 0. The van der Waals surface area contributed by atoms with Gasteiger partial charge in [-0.2, -0.15) is 13.2 Å². The van der Waals surface area contributed by atoms with E-state index in [1.807, 2.05) is 0 Å². The van der Waals surface area contributed by atoms with Gasteiger partial charge in [-0.15, -0.1) is 0 Å². The van der Waals surface area contributed by atoms with Crippen LogP contribution in [-0.2, 0) is 6.54 Å². The van der Waals surface area contributed by atoms with Gasteiger partial charge in [-0.05, 0) is 17.7 Å². The van der Waals surface area contributed by atoms with Crippen molar-refractivity contribution in [3.05, 3.63) is 29.8 Å². The molecular formula is C10H12F3NO. The van der Waals surface area contributed by atoms with Crippen LogP contribution in [0.5, 0.6) is 5.75 Å². The van der Waals surface area contributed by atoms with Gasteiger partial charge < -0.3 is 10.5 Å². The maximum absolute atomic E-state index is 11.8. The standard InChI is InChI=1S/C10H12F3NO/c11-10(12,13)5-6-15-9-3-1-8(7-14)2-4-9/h1-4H,5-7,14H2. The molecule has 2 N–H and O–H groups in total. The third kappa shape index (κ3) is 4.69. The Kier molecular flexibility index (Phi) is 3.96. The van der Waals surface area contributed by atoms with Gasteiger partial charge >= 0.3 is 6.18 Å². The highest BCUT2D eigenvalue weighted by molar-refractivity contribution is 5.26. The van der Waals surface area contributed by atoms with Gasteiger partial charge in [-0.3, -0.25) is 0 Å². The number of halogens is 3. The first-order valence-corrected chi connectivity index (χ1v) is 4.50. The molecule has 0 aliphatic heterocycles. The molecule has 84 valence electrons. The lowest BCUT2D eigenvalue weighted by atomic mass is 10.2.